The Balaban J connectivity index is 1.89. The summed E-state index contributed by atoms with van der Waals surface area (Å²) in [7, 11) is -4.35. The number of hydrogen-bond acceptors (Lipinski definition) is 10. The molecule has 2 unspecified atom stereocenters. The average Bonchev–Trinajstić information content (AvgIpc) is 3.08. The first-order chi connectivity index (χ1) is 18.1. The zero-order chi connectivity index (χ0) is 29.1. The van der Waals surface area contributed by atoms with Crippen LogP contribution in [0, 0.1) is 5.82 Å². The molecule has 0 bridgehead atoms. The lowest BCUT2D eigenvalue weighted by Crippen LogP contribution is -2.45. The monoisotopic (exact) mass is 573 g/mol. The van der Waals surface area contributed by atoms with Crippen molar-refractivity contribution in [2.75, 3.05) is 0 Å². The molecule has 1 fully saturated rings. The molecule has 15 heteroatoms. The smallest absolute Gasteiger partial charge is 0.421 e. The predicted molar refractivity (Wildman–Crippen MR) is 135 cm³/mol. The topological polar surface area (TPSA) is 159 Å². The van der Waals surface area contributed by atoms with E-state index in [1.165, 1.54) is 26.0 Å². The summed E-state index contributed by atoms with van der Waals surface area (Å²) >= 11 is 0. The number of hydrogen-bond donors (Lipinski definition) is 2. The SMILES string of the molecule is CC(C)OC(=O)[C@H](C)N=CP(=O)(Oc1ccccc1)O[C@@H](C)[C@H]1O[C@@H](n2cc(F)c(=O)[nH]c2=O)C(C)(F)[C@H]1O. The van der Waals surface area contributed by atoms with Gasteiger partial charge in [0.05, 0.1) is 18.4 Å². The highest BCUT2D eigenvalue weighted by Gasteiger charge is 2.57. The van der Waals surface area contributed by atoms with Crippen molar-refractivity contribution in [1.29, 1.82) is 0 Å². The number of aliphatic imine (C=N–C) groups is 1. The number of halogens is 2. The Morgan fingerprint density at radius 3 is 2.51 bits per heavy atom. The molecule has 1 aliphatic rings. The van der Waals surface area contributed by atoms with E-state index in [-0.39, 0.29) is 5.75 Å². The number of rotatable bonds is 10. The minimum Gasteiger partial charge on any atom is -0.461 e. The van der Waals surface area contributed by atoms with Crippen molar-refractivity contribution in [3.63, 3.8) is 0 Å². The summed E-state index contributed by atoms with van der Waals surface area (Å²) in [6.45, 7) is 6.91. The van der Waals surface area contributed by atoms with Gasteiger partial charge in [-0.1, -0.05) is 18.2 Å². The number of aromatic nitrogens is 2. The number of nitrogens with zero attached hydrogens (tertiary/aromatic N) is 2. The van der Waals surface area contributed by atoms with E-state index >= 15 is 4.39 Å². The summed E-state index contributed by atoms with van der Waals surface area (Å²) in [5.41, 5.74) is -5.16. The molecule has 214 valence electrons. The van der Waals surface area contributed by atoms with E-state index in [1.807, 2.05) is 0 Å². The van der Waals surface area contributed by atoms with Crippen molar-refractivity contribution in [2.45, 2.75) is 77.0 Å². The van der Waals surface area contributed by atoms with Gasteiger partial charge in [-0.05, 0) is 46.8 Å². The molecule has 2 N–H and O–H groups in total. The standard InChI is InChI=1S/C24H30F2N3O9P/c1-13(2)35-21(32)14(3)27-12-39(34,38-16-9-7-6-8-10-16)37-15(4)18-19(30)24(5,26)22(36-18)29-11-17(25)20(31)28-23(29)33/h6-15,18-19,22,30H,1-5H3,(H,28,31,33)/t14-,15-,18+,19-,22+,24?,39?/m0/s1. The number of para-hydroxylation sites is 1. The molecule has 0 amide bonds. The third kappa shape index (κ3) is 7.07. The maximum Gasteiger partial charge on any atom is 0.421 e. The Morgan fingerprint density at radius 1 is 1.26 bits per heavy atom. The maximum absolute atomic E-state index is 15.6. The van der Waals surface area contributed by atoms with Crippen LogP contribution >= 0.6 is 7.60 Å². The molecule has 12 nitrogen and oxygen atoms in total. The Morgan fingerprint density at radius 2 is 1.90 bits per heavy atom. The number of H-pyrrole nitrogens is 1. The normalized spacial score (nSPS) is 26.3. The predicted octanol–water partition coefficient (Wildman–Crippen LogP) is 2.71. The van der Waals surface area contributed by atoms with E-state index in [1.54, 1.807) is 37.0 Å². The summed E-state index contributed by atoms with van der Waals surface area (Å²) in [6.07, 6.45) is -6.69. The first kappa shape index (κ1) is 30.4. The number of aromatic amines is 1. The molecule has 0 saturated carbocycles. The zero-order valence-corrected chi connectivity index (χ0v) is 22.7. The van der Waals surface area contributed by atoms with Crippen molar-refractivity contribution >= 4 is 19.5 Å². The maximum atomic E-state index is 15.6. The van der Waals surface area contributed by atoms with Gasteiger partial charge in [0, 0.05) is 0 Å². The summed E-state index contributed by atoms with van der Waals surface area (Å²) < 4.78 is 65.5. The number of benzene rings is 1. The van der Waals surface area contributed by atoms with Gasteiger partial charge in [-0.3, -0.25) is 23.9 Å². The highest BCUT2D eigenvalue weighted by Crippen LogP contribution is 2.50. The first-order valence-electron chi connectivity index (χ1n) is 12.0. The molecule has 0 aliphatic carbocycles. The number of aliphatic hydroxyl groups is 1. The second kappa shape index (κ2) is 11.9. The lowest BCUT2D eigenvalue weighted by atomic mass is 9.96. The molecule has 3 rings (SSSR count). The Labute approximate surface area is 222 Å². The van der Waals surface area contributed by atoms with Crippen LogP contribution in [-0.4, -0.2) is 62.7 Å². The van der Waals surface area contributed by atoms with Gasteiger partial charge >= 0.3 is 19.3 Å². The van der Waals surface area contributed by atoms with Crippen LogP contribution < -0.4 is 15.8 Å². The molecule has 1 aliphatic heterocycles. The molecule has 0 radical (unpaired) electrons. The molecule has 39 heavy (non-hydrogen) atoms. The van der Waals surface area contributed by atoms with E-state index < -0.39 is 73.0 Å². The van der Waals surface area contributed by atoms with Crippen LogP contribution in [0.25, 0.3) is 0 Å². The van der Waals surface area contributed by atoms with E-state index in [0.29, 0.717) is 10.8 Å². The van der Waals surface area contributed by atoms with Crippen LogP contribution in [0.15, 0.2) is 51.1 Å². The lowest BCUT2D eigenvalue weighted by molar-refractivity contribution is -0.148. The van der Waals surface area contributed by atoms with Crippen molar-refractivity contribution < 1.29 is 41.8 Å². The van der Waals surface area contributed by atoms with Crippen LogP contribution in [0.4, 0.5) is 8.78 Å². The minimum absolute atomic E-state index is 0.119. The second-order valence-electron chi connectivity index (χ2n) is 9.37. The van der Waals surface area contributed by atoms with E-state index in [0.717, 1.165) is 12.9 Å². The number of carbonyl (C=O) groups is 1. The molecule has 1 saturated heterocycles. The molecule has 2 heterocycles. The number of nitrogens with one attached hydrogen (secondary N) is 1. The van der Waals surface area contributed by atoms with Crippen molar-refractivity contribution in [3.8, 4) is 5.75 Å². The molecule has 1 aromatic carbocycles. The van der Waals surface area contributed by atoms with Crippen molar-refractivity contribution in [2.24, 2.45) is 4.99 Å². The Hall–Kier alpha value is -3.19. The van der Waals surface area contributed by atoms with Crippen LogP contribution in [0.2, 0.25) is 0 Å². The molecule has 7 atom stereocenters. The van der Waals surface area contributed by atoms with Crippen molar-refractivity contribution in [1.82, 2.24) is 9.55 Å². The van der Waals surface area contributed by atoms with Crippen LogP contribution in [0.5, 0.6) is 5.75 Å². The van der Waals surface area contributed by atoms with Gasteiger partial charge in [-0.25, -0.2) is 18.5 Å². The van der Waals surface area contributed by atoms with Crippen LogP contribution in [0.1, 0.15) is 40.8 Å². The quantitative estimate of drug-likeness (QED) is 0.248. The van der Waals surface area contributed by atoms with E-state index in [2.05, 4.69) is 4.99 Å². The average molecular weight is 573 g/mol. The van der Waals surface area contributed by atoms with Gasteiger partial charge in [0.1, 0.15) is 30.0 Å². The highest BCUT2D eigenvalue weighted by atomic mass is 31.2. The largest absolute Gasteiger partial charge is 0.461 e. The fourth-order valence-electron chi connectivity index (χ4n) is 3.73. The summed E-state index contributed by atoms with van der Waals surface area (Å²) in [4.78, 5) is 41.4. The number of ether oxygens (including phenoxy) is 2. The Bertz CT molecular complexity index is 1360. The fourth-order valence-corrected chi connectivity index (χ4v) is 5.24. The van der Waals surface area contributed by atoms with Gasteiger partial charge in [0.2, 0.25) is 5.82 Å². The number of carbonyl (C=O) groups excluding carboxylic acids is 1. The minimum atomic E-state index is -4.35. The molecular formula is C24H30F2N3O9P. The summed E-state index contributed by atoms with van der Waals surface area (Å²) in [5.74, 6) is -1.14. The van der Waals surface area contributed by atoms with Gasteiger partial charge in [0.25, 0.3) is 5.56 Å². The van der Waals surface area contributed by atoms with Crippen LogP contribution in [0.3, 0.4) is 0 Å². The van der Waals surface area contributed by atoms with Crippen LogP contribution in [-0.2, 0) is 23.4 Å². The van der Waals surface area contributed by atoms with Gasteiger partial charge in [-0.15, -0.1) is 0 Å². The third-order valence-electron chi connectivity index (χ3n) is 5.71. The van der Waals surface area contributed by atoms with Gasteiger partial charge in [0.15, 0.2) is 11.9 Å². The van der Waals surface area contributed by atoms with E-state index in [9.17, 15) is 28.4 Å². The third-order valence-corrected chi connectivity index (χ3v) is 7.22. The molecule has 0 spiro atoms. The van der Waals surface area contributed by atoms with Gasteiger partial charge in [-0.2, -0.15) is 4.39 Å². The first-order valence-corrected chi connectivity index (χ1v) is 13.6. The summed E-state index contributed by atoms with van der Waals surface area (Å²) in [6, 6.07) is 6.79. The highest BCUT2D eigenvalue weighted by molar-refractivity contribution is 7.70. The van der Waals surface area contributed by atoms with E-state index in [4.69, 9.17) is 18.5 Å². The molecule has 2 aromatic rings. The van der Waals surface area contributed by atoms with Gasteiger partial charge < -0.3 is 19.1 Å². The second-order valence-corrected chi connectivity index (χ2v) is 11.1. The number of aliphatic hydroxyl groups excluding tert-OH is 1. The van der Waals surface area contributed by atoms with Crippen molar-refractivity contribution in [3.05, 3.63) is 63.2 Å². The number of esters is 1. The molecular weight excluding hydrogens is 543 g/mol. The summed E-state index contributed by atoms with van der Waals surface area (Å²) in [5, 5.41) is 10.7. The zero-order valence-electron chi connectivity index (χ0n) is 21.8. The molecule has 1 aromatic heterocycles. The number of alkyl halides is 1. The lowest BCUT2D eigenvalue weighted by Gasteiger charge is -2.26. The Kier molecular flexibility index (Phi) is 9.27. The fraction of sp³-hybridized carbons (Fsp3) is 0.500.